The number of non-ortho nitro benzene ring substituents is 1. The van der Waals surface area contributed by atoms with Crippen LogP contribution in [0.4, 0.5) is 5.69 Å². The summed E-state index contributed by atoms with van der Waals surface area (Å²) in [5, 5.41) is 20.9. The fourth-order valence-electron chi connectivity index (χ4n) is 3.77. The molecule has 178 valence electrons. The molecule has 35 heavy (non-hydrogen) atoms. The number of nitrogens with zero attached hydrogens (tertiary/aromatic N) is 5. The molecule has 0 spiro atoms. The smallest absolute Gasteiger partial charge is 0.270 e. The van der Waals surface area contributed by atoms with Gasteiger partial charge in [-0.15, -0.1) is 10.2 Å². The van der Waals surface area contributed by atoms with Crippen molar-refractivity contribution in [2.45, 2.75) is 24.4 Å². The van der Waals surface area contributed by atoms with Crippen LogP contribution < -0.4 is 9.47 Å². The van der Waals surface area contributed by atoms with Gasteiger partial charge in [-0.25, -0.2) is 0 Å². The summed E-state index contributed by atoms with van der Waals surface area (Å²) in [7, 11) is 0. The van der Waals surface area contributed by atoms with Gasteiger partial charge in [-0.3, -0.25) is 19.7 Å². The molecule has 0 aliphatic carbocycles. The predicted octanol–water partition coefficient (Wildman–Crippen LogP) is 4.80. The van der Waals surface area contributed by atoms with Crippen molar-refractivity contribution in [1.29, 1.82) is 0 Å². The van der Waals surface area contributed by atoms with Gasteiger partial charge in [0, 0.05) is 52.7 Å². The van der Waals surface area contributed by atoms with Gasteiger partial charge in [0.25, 0.3) is 5.69 Å². The Morgan fingerprint density at radius 3 is 2.80 bits per heavy atom. The number of fused-ring (bicyclic) bond motifs is 1. The average molecular weight is 492 g/mol. The molecule has 1 aliphatic rings. The number of rotatable bonds is 8. The summed E-state index contributed by atoms with van der Waals surface area (Å²) in [6.45, 7) is 2.89. The van der Waals surface area contributed by atoms with E-state index in [1.807, 2.05) is 47.9 Å². The van der Waals surface area contributed by atoms with Crippen LogP contribution in [0.2, 0.25) is 0 Å². The van der Waals surface area contributed by atoms with E-state index in [0.717, 1.165) is 17.0 Å². The number of pyridine rings is 1. The van der Waals surface area contributed by atoms with Crippen molar-refractivity contribution in [3.8, 4) is 28.6 Å². The highest BCUT2D eigenvalue weighted by molar-refractivity contribution is 7.98. The lowest BCUT2D eigenvalue weighted by Gasteiger charge is -2.20. The van der Waals surface area contributed by atoms with Crippen LogP contribution in [-0.4, -0.2) is 38.1 Å². The Balaban J connectivity index is 1.52. The third-order valence-electron chi connectivity index (χ3n) is 5.30. The van der Waals surface area contributed by atoms with Gasteiger partial charge in [-0.2, -0.15) is 0 Å². The Morgan fingerprint density at radius 1 is 1.20 bits per heavy atom. The molecule has 0 unspecified atom stereocenters. The monoisotopic (exact) mass is 491 g/mol. The molecule has 0 saturated heterocycles. The maximum absolute atomic E-state index is 11.5. The molecule has 11 heteroatoms. The van der Waals surface area contributed by atoms with E-state index in [4.69, 9.17) is 14.2 Å². The molecule has 0 N–H and O–H groups in total. The molecule has 0 amide bonds. The lowest BCUT2D eigenvalue weighted by molar-refractivity contribution is -0.385. The Hall–Kier alpha value is -3.96. The summed E-state index contributed by atoms with van der Waals surface area (Å²) >= 11 is 1.41. The van der Waals surface area contributed by atoms with Crippen LogP contribution >= 0.6 is 11.8 Å². The van der Waals surface area contributed by atoms with Gasteiger partial charge in [0.2, 0.25) is 0 Å². The number of nitro groups is 1. The van der Waals surface area contributed by atoms with Crippen molar-refractivity contribution < 1.29 is 19.1 Å². The minimum Gasteiger partial charge on any atom is -0.494 e. The zero-order valence-corrected chi connectivity index (χ0v) is 19.6. The van der Waals surface area contributed by atoms with Crippen LogP contribution in [0, 0.1) is 10.1 Å². The molecule has 0 atom stereocenters. The molecule has 5 rings (SSSR count). The summed E-state index contributed by atoms with van der Waals surface area (Å²) in [4.78, 5) is 15.3. The molecule has 2 aromatic heterocycles. The first-order chi connectivity index (χ1) is 17.1. The van der Waals surface area contributed by atoms with Crippen LogP contribution in [0.25, 0.3) is 17.1 Å². The fraction of sp³-hybridized carbons (Fsp3) is 0.208. The van der Waals surface area contributed by atoms with Crippen molar-refractivity contribution in [2.24, 2.45) is 0 Å². The fourth-order valence-corrected chi connectivity index (χ4v) is 4.69. The maximum atomic E-state index is 11.5. The number of thioether (sulfide) groups is 1. The Kier molecular flexibility index (Phi) is 6.59. The van der Waals surface area contributed by atoms with Crippen LogP contribution in [0.1, 0.15) is 18.1 Å². The summed E-state index contributed by atoms with van der Waals surface area (Å²) in [6, 6.07) is 14.5. The van der Waals surface area contributed by atoms with Crippen LogP contribution in [0.15, 0.2) is 66.1 Å². The second kappa shape index (κ2) is 10.1. The highest BCUT2D eigenvalue weighted by Gasteiger charge is 2.23. The van der Waals surface area contributed by atoms with Crippen molar-refractivity contribution in [1.82, 2.24) is 19.7 Å². The van der Waals surface area contributed by atoms with E-state index in [1.165, 1.54) is 23.9 Å². The number of nitro benzene ring substituents is 1. The van der Waals surface area contributed by atoms with Crippen molar-refractivity contribution in [3.05, 3.63) is 82.2 Å². The van der Waals surface area contributed by atoms with Crippen LogP contribution in [0.5, 0.6) is 11.5 Å². The minimum atomic E-state index is -0.411. The summed E-state index contributed by atoms with van der Waals surface area (Å²) in [6.07, 6.45) is 3.43. The maximum Gasteiger partial charge on any atom is 0.270 e. The van der Waals surface area contributed by atoms with E-state index < -0.39 is 4.92 Å². The summed E-state index contributed by atoms with van der Waals surface area (Å²) < 4.78 is 18.5. The molecule has 0 fully saturated rings. The topological polar surface area (TPSA) is 114 Å². The minimum absolute atomic E-state index is 0.00233. The van der Waals surface area contributed by atoms with Gasteiger partial charge >= 0.3 is 0 Å². The quantitative estimate of drug-likeness (QED) is 0.195. The van der Waals surface area contributed by atoms with Crippen molar-refractivity contribution in [3.63, 3.8) is 0 Å². The number of hydrogen-bond donors (Lipinski definition) is 0. The van der Waals surface area contributed by atoms with E-state index in [1.54, 1.807) is 12.4 Å². The van der Waals surface area contributed by atoms with E-state index in [0.29, 0.717) is 40.2 Å². The van der Waals surface area contributed by atoms with E-state index >= 15 is 0 Å². The Morgan fingerprint density at radius 2 is 2.06 bits per heavy atom. The predicted molar refractivity (Wildman–Crippen MR) is 129 cm³/mol. The standard InChI is InChI=1S/C24H21N5O5S/c1-2-33-21-7-5-19(6-8-21)28-23(16-4-3-9-25-12-16)26-27-24(28)35-14-18-11-20(29(30)31)10-17-13-32-15-34-22(17)18/h3-12H,2,13-15H2,1H3. The summed E-state index contributed by atoms with van der Waals surface area (Å²) in [5.74, 6) is 2.42. The normalized spacial score (nSPS) is 12.6. The van der Waals surface area contributed by atoms with E-state index in [2.05, 4.69) is 15.2 Å². The molecule has 0 saturated carbocycles. The second-order valence-electron chi connectivity index (χ2n) is 7.56. The average Bonchev–Trinajstić information content (AvgIpc) is 3.32. The van der Waals surface area contributed by atoms with Gasteiger partial charge in [0.15, 0.2) is 17.8 Å². The zero-order valence-electron chi connectivity index (χ0n) is 18.8. The molecule has 4 aromatic rings. The molecule has 10 nitrogen and oxygen atoms in total. The number of ether oxygens (including phenoxy) is 3. The van der Waals surface area contributed by atoms with Crippen LogP contribution in [0.3, 0.4) is 0 Å². The largest absolute Gasteiger partial charge is 0.494 e. The zero-order chi connectivity index (χ0) is 24.2. The highest BCUT2D eigenvalue weighted by Crippen LogP contribution is 2.37. The van der Waals surface area contributed by atoms with Gasteiger partial charge in [0.05, 0.1) is 18.1 Å². The molecule has 0 bridgehead atoms. The third-order valence-corrected chi connectivity index (χ3v) is 6.28. The molecule has 3 heterocycles. The third kappa shape index (κ3) is 4.81. The lowest BCUT2D eigenvalue weighted by atomic mass is 10.1. The van der Waals surface area contributed by atoms with Gasteiger partial charge in [-0.1, -0.05) is 11.8 Å². The number of hydrogen-bond acceptors (Lipinski definition) is 9. The lowest BCUT2D eigenvalue weighted by Crippen LogP contribution is -2.13. The van der Waals surface area contributed by atoms with Crippen molar-refractivity contribution in [2.75, 3.05) is 13.4 Å². The SMILES string of the molecule is CCOc1ccc(-n2c(SCc3cc([N+](=O)[O-])cc4c3OCOC4)nnc2-c2cccnc2)cc1. The summed E-state index contributed by atoms with van der Waals surface area (Å²) in [5.41, 5.74) is 3.02. The first kappa shape index (κ1) is 22.8. The number of benzene rings is 2. The molecular weight excluding hydrogens is 470 g/mol. The second-order valence-corrected chi connectivity index (χ2v) is 8.50. The van der Waals surface area contributed by atoms with Gasteiger partial charge in [0.1, 0.15) is 11.5 Å². The first-order valence-corrected chi connectivity index (χ1v) is 11.8. The molecule has 2 aromatic carbocycles. The Labute approximate surface area is 205 Å². The Bertz CT molecular complexity index is 1340. The van der Waals surface area contributed by atoms with Gasteiger partial charge < -0.3 is 14.2 Å². The van der Waals surface area contributed by atoms with Crippen molar-refractivity contribution >= 4 is 17.4 Å². The first-order valence-electron chi connectivity index (χ1n) is 10.9. The molecule has 1 aliphatic heterocycles. The van der Waals surface area contributed by atoms with E-state index in [9.17, 15) is 10.1 Å². The molecule has 0 radical (unpaired) electrons. The highest BCUT2D eigenvalue weighted by atomic mass is 32.2. The van der Waals surface area contributed by atoms with Gasteiger partial charge in [-0.05, 0) is 43.3 Å². The van der Waals surface area contributed by atoms with Crippen LogP contribution in [-0.2, 0) is 17.1 Å². The molecular formula is C24H21N5O5S. The number of aromatic nitrogens is 4. The van der Waals surface area contributed by atoms with E-state index in [-0.39, 0.29) is 19.1 Å².